The van der Waals surface area contributed by atoms with Gasteiger partial charge in [0.05, 0.1) is 0 Å². The van der Waals surface area contributed by atoms with Gasteiger partial charge in [0, 0.05) is 52.2 Å². The number of aliphatic hydroxyl groups is 1. The molecule has 6 heteroatoms. The molecular formula is C59H119N3O3. The van der Waals surface area contributed by atoms with Gasteiger partial charge in [-0.25, -0.2) is 0 Å². The lowest BCUT2D eigenvalue weighted by molar-refractivity contribution is -0.132. The molecule has 0 aliphatic carbocycles. The summed E-state index contributed by atoms with van der Waals surface area (Å²) in [7, 11) is 0. The fourth-order valence-electron chi connectivity index (χ4n) is 9.70. The highest BCUT2D eigenvalue weighted by molar-refractivity contribution is 5.76. The molecule has 0 unspecified atom stereocenters. The smallest absolute Gasteiger partial charge is 0.222 e. The second-order valence-corrected chi connectivity index (χ2v) is 20.6. The molecule has 0 saturated carbocycles. The Labute approximate surface area is 408 Å². The van der Waals surface area contributed by atoms with E-state index in [0.717, 1.165) is 90.8 Å². The Morgan fingerprint density at radius 1 is 0.262 bits per heavy atom. The molecule has 0 saturated heterocycles. The number of carbonyl (C=O) groups is 2. The van der Waals surface area contributed by atoms with Gasteiger partial charge in [0.25, 0.3) is 0 Å². The van der Waals surface area contributed by atoms with E-state index in [1.54, 1.807) is 0 Å². The molecule has 388 valence electrons. The second kappa shape index (κ2) is 53.8. The summed E-state index contributed by atoms with van der Waals surface area (Å²) < 4.78 is 0. The van der Waals surface area contributed by atoms with Crippen molar-refractivity contribution in [3.8, 4) is 0 Å². The first kappa shape index (κ1) is 63.9. The first-order valence-corrected chi connectivity index (χ1v) is 29.9. The molecule has 0 atom stereocenters. The number of aliphatic hydroxyl groups excluding tert-OH is 1. The van der Waals surface area contributed by atoms with Crippen LogP contribution in [0.5, 0.6) is 0 Å². The Balaban J connectivity index is 4.48. The molecule has 0 aromatic carbocycles. The highest BCUT2D eigenvalue weighted by Gasteiger charge is 2.14. The van der Waals surface area contributed by atoms with Crippen molar-refractivity contribution in [2.75, 3.05) is 52.4 Å². The molecule has 0 aromatic rings. The molecule has 0 fully saturated rings. The van der Waals surface area contributed by atoms with Crippen molar-refractivity contribution in [2.45, 2.75) is 317 Å². The van der Waals surface area contributed by atoms with Gasteiger partial charge >= 0.3 is 0 Å². The van der Waals surface area contributed by atoms with Crippen LogP contribution in [0.4, 0.5) is 0 Å². The van der Waals surface area contributed by atoms with Crippen LogP contribution in [0.25, 0.3) is 0 Å². The molecule has 65 heavy (non-hydrogen) atoms. The summed E-state index contributed by atoms with van der Waals surface area (Å²) in [6, 6.07) is 0. The number of hydrogen-bond acceptors (Lipinski definition) is 4. The quantitative estimate of drug-likeness (QED) is 0.0618. The van der Waals surface area contributed by atoms with Gasteiger partial charge in [0.15, 0.2) is 0 Å². The number of rotatable bonds is 55. The summed E-state index contributed by atoms with van der Waals surface area (Å²) >= 11 is 0. The minimum Gasteiger partial charge on any atom is -0.396 e. The van der Waals surface area contributed by atoms with Gasteiger partial charge in [-0.1, -0.05) is 246 Å². The van der Waals surface area contributed by atoms with Crippen LogP contribution in [0.15, 0.2) is 0 Å². The lowest BCUT2D eigenvalue weighted by Gasteiger charge is -2.23. The molecule has 0 rings (SSSR count). The lowest BCUT2D eigenvalue weighted by atomic mass is 10.1. The SMILES string of the molecule is CCCCCCCCCCN(CCCCCCCCCC)C(=O)CCCCCCCN(CCCO)CCCCCCCC(=O)N(CCCCCCCCCC)CCCCCCCCCC. The number of unbranched alkanes of at least 4 members (excludes halogenated alkanes) is 36. The lowest BCUT2D eigenvalue weighted by Crippen LogP contribution is -2.32. The zero-order valence-corrected chi connectivity index (χ0v) is 45.1. The van der Waals surface area contributed by atoms with Gasteiger partial charge in [-0.2, -0.15) is 0 Å². The topological polar surface area (TPSA) is 64.1 Å². The highest BCUT2D eigenvalue weighted by Crippen LogP contribution is 2.17. The fourth-order valence-corrected chi connectivity index (χ4v) is 9.70. The molecule has 1 N–H and O–H groups in total. The van der Waals surface area contributed by atoms with Gasteiger partial charge in [-0.15, -0.1) is 0 Å². The Morgan fingerprint density at radius 3 is 0.708 bits per heavy atom. The molecule has 0 aliphatic heterocycles. The van der Waals surface area contributed by atoms with Crippen LogP contribution in [0.3, 0.4) is 0 Å². The molecule has 6 nitrogen and oxygen atoms in total. The predicted octanol–water partition coefficient (Wildman–Crippen LogP) is 17.6. The molecule has 0 spiro atoms. The summed E-state index contributed by atoms with van der Waals surface area (Å²) in [4.78, 5) is 33.8. The van der Waals surface area contributed by atoms with Crippen molar-refractivity contribution < 1.29 is 14.7 Å². The van der Waals surface area contributed by atoms with E-state index < -0.39 is 0 Å². The highest BCUT2D eigenvalue weighted by atomic mass is 16.3. The summed E-state index contributed by atoms with van der Waals surface area (Å²) in [5.74, 6) is 0.811. The first-order chi connectivity index (χ1) is 32.0. The van der Waals surface area contributed by atoms with Crippen LogP contribution in [0.2, 0.25) is 0 Å². The van der Waals surface area contributed by atoms with E-state index in [1.165, 1.54) is 244 Å². The van der Waals surface area contributed by atoms with Crippen LogP contribution in [0.1, 0.15) is 317 Å². The van der Waals surface area contributed by atoms with E-state index in [1.807, 2.05) is 0 Å². The maximum absolute atomic E-state index is 13.4. The monoisotopic (exact) mass is 918 g/mol. The van der Waals surface area contributed by atoms with Crippen molar-refractivity contribution >= 4 is 11.8 Å². The Hall–Kier alpha value is -1.14. The van der Waals surface area contributed by atoms with Crippen molar-refractivity contribution in [1.29, 1.82) is 0 Å². The Kier molecular flexibility index (Phi) is 52.9. The minimum atomic E-state index is 0.267. The molecule has 0 heterocycles. The average molecular weight is 919 g/mol. The third kappa shape index (κ3) is 46.4. The van der Waals surface area contributed by atoms with Gasteiger partial charge < -0.3 is 19.8 Å². The molecule has 2 amide bonds. The standard InChI is InChI=1S/C59H119N3O3/c1-5-9-13-17-21-25-35-43-53-61(54-44-36-26-22-18-14-10-6-2)58(64)48-39-31-29-33-41-50-60(52-47-57-63)51-42-34-30-32-40-49-59(65)62(55-45-37-27-23-19-15-11-7-3)56-46-38-28-24-20-16-12-8-4/h63H,5-57H2,1-4H3. The van der Waals surface area contributed by atoms with Crippen molar-refractivity contribution in [3.63, 3.8) is 0 Å². The predicted molar refractivity (Wildman–Crippen MR) is 287 cm³/mol. The molecular weight excluding hydrogens is 799 g/mol. The Morgan fingerprint density at radius 2 is 0.462 bits per heavy atom. The van der Waals surface area contributed by atoms with Crippen LogP contribution < -0.4 is 0 Å². The maximum Gasteiger partial charge on any atom is 0.222 e. The van der Waals surface area contributed by atoms with E-state index >= 15 is 0 Å². The second-order valence-electron chi connectivity index (χ2n) is 20.6. The largest absolute Gasteiger partial charge is 0.396 e. The third-order valence-corrected chi connectivity index (χ3v) is 14.2. The average Bonchev–Trinajstić information content (AvgIpc) is 3.31. The summed E-state index contributed by atoms with van der Waals surface area (Å²) in [6.45, 7) is 16.5. The van der Waals surface area contributed by atoms with Gasteiger partial charge in [-0.05, 0) is 70.9 Å². The van der Waals surface area contributed by atoms with Crippen LogP contribution >= 0.6 is 0 Å². The summed E-state index contributed by atoms with van der Waals surface area (Å²) in [5.41, 5.74) is 0. The van der Waals surface area contributed by atoms with Gasteiger partial charge in [-0.3, -0.25) is 9.59 Å². The Bertz CT molecular complexity index is 836. The zero-order chi connectivity index (χ0) is 47.4. The van der Waals surface area contributed by atoms with E-state index in [-0.39, 0.29) is 6.61 Å². The van der Waals surface area contributed by atoms with Crippen molar-refractivity contribution in [2.24, 2.45) is 0 Å². The van der Waals surface area contributed by atoms with E-state index in [4.69, 9.17) is 0 Å². The fraction of sp³-hybridized carbons (Fsp3) is 0.966. The van der Waals surface area contributed by atoms with E-state index in [0.29, 0.717) is 11.8 Å². The first-order valence-electron chi connectivity index (χ1n) is 29.9. The zero-order valence-electron chi connectivity index (χ0n) is 45.1. The summed E-state index contributed by atoms with van der Waals surface area (Å²) in [5, 5.41) is 9.56. The molecule has 0 bridgehead atoms. The van der Waals surface area contributed by atoms with Crippen LogP contribution in [-0.2, 0) is 9.59 Å². The summed E-state index contributed by atoms with van der Waals surface area (Å²) in [6.07, 6.45) is 56.2. The van der Waals surface area contributed by atoms with Gasteiger partial charge in [0.2, 0.25) is 11.8 Å². The molecule has 0 aromatic heterocycles. The number of carbonyl (C=O) groups excluding carboxylic acids is 2. The molecule has 0 radical (unpaired) electrons. The van der Waals surface area contributed by atoms with Crippen molar-refractivity contribution in [3.05, 3.63) is 0 Å². The van der Waals surface area contributed by atoms with Crippen LogP contribution in [-0.4, -0.2) is 84.0 Å². The number of amides is 2. The maximum atomic E-state index is 13.4. The minimum absolute atomic E-state index is 0.267. The van der Waals surface area contributed by atoms with E-state index in [2.05, 4.69) is 42.4 Å². The molecule has 0 aliphatic rings. The van der Waals surface area contributed by atoms with Crippen molar-refractivity contribution in [1.82, 2.24) is 14.7 Å². The van der Waals surface area contributed by atoms with E-state index in [9.17, 15) is 14.7 Å². The normalized spacial score (nSPS) is 11.6. The number of hydrogen-bond donors (Lipinski definition) is 1. The number of nitrogens with zero attached hydrogens (tertiary/aromatic N) is 3. The third-order valence-electron chi connectivity index (χ3n) is 14.2. The van der Waals surface area contributed by atoms with Crippen LogP contribution in [0, 0.1) is 0 Å². The van der Waals surface area contributed by atoms with Gasteiger partial charge in [0.1, 0.15) is 0 Å².